The monoisotopic (exact) mass is 339 g/mol. The summed E-state index contributed by atoms with van der Waals surface area (Å²) in [6.07, 6.45) is 1.20. The average molecular weight is 340 g/mol. The van der Waals surface area contributed by atoms with E-state index in [0.717, 1.165) is 43.9 Å². The van der Waals surface area contributed by atoms with Crippen molar-refractivity contribution in [2.75, 3.05) is 32.7 Å². The molecule has 23 heavy (non-hydrogen) atoms. The fraction of sp³-hybridized carbons (Fsp3) is 0.611. The van der Waals surface area contributed by atoms with Gasteiger partial charge in [0.25, 0.3) is 5.91 Å². The van der Waals surface area contributed by atoms with Gasteiger partial charge in [0.15, 0.2) is 0 Å². The van der Waals surface area contributed by atoms with Crippen molar-refractivity contribution in [3.8, 4) is 0 Å². The maximum absolute atomic E-state index is 12.5. The van der Waals surface area contributed by atoms with Gasteiger partial charge in [0.05, 0.1) is 0 Å². The number of piperazine rings is 1. The molecule has 0 bridgehead atoms. The quantitative estimate of drug-likeness (QED) is 0.917. The van der Waals surface area contributed by atoms with Gasteiger partial charge in [-0.3, -0.25) is 9.69 Å². The maximum atomic E-state index is 12.5. The molecule has 1 fully saturated rings. The normalized spacial score (nSPS) is 16.1. The molecule has 1 aliphatic rings. The Morgan fingerprint density at radius 3 is 2.13 bits per heavy atom. The molecule has 0 radical (unpaired) electrons. The van der Waals surface area contributed by atoms with Crippen LogP contribution >= 0.6 is 12.4 Å². The number of hydrogen-bond donors (Lipinski definition) is 1. The molecule has 0 atom stereocenters. The van der Waals surface area contributed by atoms with E-state index in [4.69, 9.17) is 5.73 Å². The van der Waals surface area contributed by atoms with E-state index in [1.165, 1.54) is 6.42 Å². The first kappa shape index (κ1) is 19.9. The van der Waals surface area contributed by atoms with Crippen LogP contribution in [0.25, 0.3) is 0 Å². The molecule has 1 aromatic rings. The lowest BCUT2D eigenvalue weighted by Gasteiger charge is -2.36. The van der Waals surface area contributed by atoms with Crippen LogP contribution in [-0.2, 0) is 6.54 Å². The second kappa shape index (κ2) is 8.67. The summed E-state index contributed by atoms with van der Waals surface area (Å²) in [7, 11) is 0. The highest BCUT2D eigenvalue weighted by molar-refractivity contribution is 5.94. The standard InChI is InChI=1S/C18H29N3O.ClH/c1-18(2,3)8-9-20-10-12-21(13-11-20)17(22)16-6-4-15(14-19)5-7-16;/h4-7H,8-14,19H2,1-3H3;1H. The summed E-state index contributed by atoms with van der Waals surface area (Å²) in [5.74, 6) is 0.138. The Morgan fingerprint density at radius 1 is 1.09 bits per heavy atom. The van der Waals surface area contributed by atoms with Gasteiger partial charge in [0.1, 0.15) is 0 Å². The molecule has 1 heterocycles. The summed E-state index contributed by atoms with van der Waals surface area (Å²) in [5.41, 5.74) is 7.79. The van der Waals surface area contributed by atoms with E-state index in [-0.39, 0.29) is 18.3 Å². The first-order valence-corrected chi connectivity index (χ1v) is 8.20. The number of rotatable bonds is 4. The second-order valence-electron chi connectivity index (χ2n) is 7.35. The topological polar surface area (TPSA) is 49.6 Å². The Bertz CT molecular complexity index is 488. The molecule has 0 unspecified atom stereocenters. The molecule has 0 aromatic heterocycles. The zero-order valence-corrected chi connectivity index (χ0v) is 15.4. The molecule has 130 valence electrons. The summed E-state index contributed by atoms with van der Waals surface area (Å²) < 4.78 is 0. The SMILES string of the molecule is CC(C)(C)CCN1CCN(C(=O)c2ccc(CN)cc2)CC1.Cl. The van der Waals surface area contributed by atoms with Gasteiger partial charge < -0.3 is 10.6 Å². The largest absolute Gasteiger partial charge is 0.336 e. The van der Waals surface area contributed by atoms with E-state index >= 15 is 0 Å². The van der Waals surface area contributed by atoms with Crippen LogP contribution in [-0.4, -0.2) is 48.4 Å². The highest BCUT2D eigenvalue weighted by Crippen LogP contribution is 2.19. The molecular weight excluding hydrogens is 310 g/mol. The third kappa shape index (κ3) is 6.13. The number of nitrogens with zero attached hydrogens (tertiary/aromatic N) is 2. The molecule has 4 nitrogen and oxygen atoms in total. The molecule has 1 aliphatic heterocycles. The number of hydrogen-bond acceptors (Lipinski definition) is 3. The summed E-state index contributed by atoms with van der Waals surface area (Å²) in [6, 6.07) is 7.65. The Balaban J connectivity index is 0.00000264. The molecule has 5 heteroatoms. The number of benzene rings is 1. The van der Waals surface area contributed by atoms with E-state index in [9.17, 15) is 4.79 Å². The minimum Gasteiger partial charge on any atom is -0.336 e. The zero-order chi connectivity index (χ0) is 16.2. The van der Waals surface area contributed by atoms with Gasteiger partial charge in [-0.15, -0.1) is 12.4 Å². The van der Waals surface area contributed by atoms with Crippen molar-refractivity contribution in [3.63, 3.8) is 0 Å². The summed E-state index contributed by atoms with van der Waals surface area (Å²) >= 11 is 0. The maximum Gasteiger partial charge on any atom is 0.253 e. The smallest absolute Gasteiger partial charge is 0.253 e. The molecule has 2 rings (SSSR count). The lowest BCUT2D eigenvalue weighted by atomic mass is 9.92. The Labute approximate surface area is 146 Å². The van der Waals surface area contributed by atoms with Gasteiger partial charge >= 0.3 is 0 Å². The molecule has 1 amide bonds. The molecule has 2 N–H and O–H groups in total. The highest BCUT2D eigenvalue weighted by Gasteiger charge is 2.23. The van der Waals surface area contributed by atoms with Gasteiger partial charge in [0.2, 0.25) is 0 Å². The number of amides is 1. The predicted molar refractivity (Wildman–Crippen MR) is 98.0 cm³/mol. The van der Waals surface area contributed by atoms with Gasteiger partial charge in [-0.25, -0.2) is 0 Å². The van der Waals surface area contributed by atoms with E-state index in [2.05, 4.69) is 25.7 Å². The van der Waals surface area contributed by atoms with Crippen molar-refractivity contribution in [2.24, 2.45) is 11.1 Å². The van der Waals surface area contributed by atoms with Gasteiger partial charge in [-0.05, 0) is 36.1 Å². The molecule has 1 saturated heterocycles. The van der Waals surface area contributed by atoms with Crippen LogP contribution in [0, 0.1) is 5.41 Å². The third-order valence-electron chi connectivity index (χ3n) is 4.27. The van der Waals surface area contributed by atoms with E-state index in [1.807, 2.05) is 29.2 Å². The zero-order valence-electron chi connectivity index (χ0n) is 14.5. The lowest BCUT2D eigenvalue weighted by Crippen LogP contribution is -2.49. The molecule has 0 saturated carbocycles. The van der Waals surface area contributed by atoms with Crippen molar-refractivity contribution in [1.82, 2.24) is 9.80 Å². The van der Waals surface area contributed by atoms with Crippen LogP contribution in [0.1, 0.15) is 43.1 Å². The Morgan fingerprint density at radius 2 is 1.65 bits per heavy atom. The number of carbonyl (C=O) groups excluding carboxylic acids is 1. The van der Waals surface area contributed by atoms with Crippen LogP contribution < -0.4 is 5.73 Å². The minimum atomic E-state index is 0. The third-order valence-corrected chi connectivity index (χ3v) is 4.27. The van der Waals surface area contributed by atoms with Crippen molar-refractivity contribution in [2.45, 2.75) is 33.7 Å². The Hall–Kier alpha value is -1.10. The number of nitrogens with two attached hydrogens (primary N) is 1. The molecule has 0 spiro atoms. The molecular formula is C18H30ClN3O. The summed E-state index contributed by atoms with van der Waals surface area (Å²) in [6.45, 7) is 12.1. The summed E-state index contributed by atoms with van der Waals surface area (Å²) in [5, 5.41) is 0. The van der Waals surface area contributed by atoms with Crippen LogP contribution in [0.15, 0.2) is 24.3 Å². The number of halogens is 1. The fourth-order valence-electron chi connectivity index (χ4n) is 2.63. The predicted octanol–water partition coefficient (Wildman–Crippen LogP) is 2.76. The van der Waals surface area contributed by atoms with Gasteiger partial charge in [0, 0.05) is 38.3 Å². The average Bonchev–Trinajstić information content (AvgIpc) is 2.52. The van der Waals surface area contributed by atoms with E-state index in [1.54, 1.807) is 0 Å². The Kier molecular flexibility index (Phi) is 7.52. The molecule has 1 aromatic carbocycles. The first-order valence-electron chi connectivity index (χ1n) is 8.20. The van der Waals surface area contributed by atoms with Crippen LogP contribution in [0.2, 0.25) is 0 Å². The second-order valence-corrected chi connectivity index (χ2v) is 7.35. The minimum absolute atomic E-state index is 0. The van der Waals surface area contributed by atoms with Crippen molar-refractivity contribution in [3.05, 3.63) is 35.4 Å². The van der Waals surface area contributed by atoms with Crippen molar-refractivity contribution in [1.29, 1.82) is 0 Å². The van der Waals surface area contributed by atoms with Crippen LogP contribution in [0.5, 0.6) is 0 Å². The van der Waals surface area contributed by atoms with Crippen LogP contribution in [0.4, 0.5) is 0 Å². The van der Waals surface area contributed by atoms with Crippen LogP contribution in [0.3, 0.4) is 0 Å². The van der Waals surface area contributed by atoms with Crippen molar-refractivity contribution < 1.29 is 4.79 Å². The fourth-order valence-corrected chi connectivity index (χ4v) is 2.63. The first-order chi connectivity index (χ1) is 10.4. The van der Waals surface area contributed by atoms with Crippen molar-refractivity contribution >= 4 is 18.3 Å². The van der Waals surface area contributed by atoms with E-state index in [0.29, 0.717) is 12.0 Å². The number of carbonyl (C=O) groups is 1. The lowest BCUT2D eigenvalue weighted by molar-refractivity contribution is 0.0623. The van der Waals surface area contributed by atoms with Gasteiger partial charge in [-0.1, -0.05) is 32.9 Å². The summed E-state index contributed by atoms with van der Waals surface area (Å²) in [4.78, 5) is 16.9. The van der Waals surface area contributed by atoms with Gasteiger partial charge in [-0.2, -0.15) is 0 Å². The molecule has 0 aliphatic carbocycles. The highest BCUT2D eigenvalue weighted by atomic mass is 35.5. The van der Waals surface area contributed by atoms with E-state index < -0.39 is 0 Å².